The molecular weight excluding hydrogens is 332 g/mol. The molecule has 0 spiro atoms. The zero-order valence-corrected chi connectivity index (χ0v) is 13.8. The summed E-state index contributed by atoms with van der Waals surface area (Å²) in [5.74, 6) is -1.14. The number of aliphatic carboxylic acids is 1. The molecule has 0 unspecified atom stereocenters. The number of aryl methyl sites for hydroxylation is 1. The van der Waals surface area contributed by atoms with Crippen molar-refractivity contribution in [3.8, 4) is 11.3 Å². The molecule has 6 nitrogen and oxygen atoms in total. The summed E-state index contributed by atoms with van der Waals surface area (Å²) in [6.07, 6.45) is 1.65. The van der Waals surface area contributed by atoms with Crippen molar-refractivity contribution in [3.05, 3.63) is 40.6 Å². The van der Waals surface area contributed by atoms with Crippen LogP contribution in [-0.2, 0) is 4.79 Å². The van der Waals surface area contributed by atoms with Crippen molar-refractivity contribution in [2.75, 3.05) is 0 Å². The molecule has 1 amide bonds. The first-order valence-electron chi connectivity index (χ1n) is 7.72. The molecule has 0 saturated heterocycles. The molecule has 0 aliphatic heterocycles. The second kappa shape index (κ2) is 6.65. The monoisotopic (exact) mass is 348 g/mol. The minimum atomic E-state index is -0.815. The lowest BCUT2D eigenvalue weighted by atomic mass is 10.0. The Labute approximate surface area is 143 Å². The van der Waals surface area contributed by atoms with Crippen molar-refractivity contribution < 1.29 is 19.2 Å². The van der Waals surface area contributed by atoms with Crippen LogP contribution in [0.25, 0.3) is 11.3 Å². The normalized spacial score (nSPS) is 20.1. The van der Waals surface area contributed by atoms with E-state index in [1.807, 2.05) is 0 Å². The zero-order chi connectivity index (χ0) is 17.3. The number of nitrogens with zero attached hydrogens (tertiary/aromatic N) is 1. The molecular formula is C17H17ClN2O4. The molecule has 0 radical (unpaired) electrons. The number of carboxylic acids is 1. The zero-order valence-electron chi connectivity index (χ0n) is 13.1. The van der Waals surface area contributed by atoms with E-state index in [0.717, 1.165) is 0 Å². The number of rotatable bonds is 4. The highest BCUT2D eigenvalue weighted by atomic mass is 35.5. The lowest BCUT2D eigenvalue weighted by molar-refractivity contribution is -0.141. The highest BCUT2D eigenvalue weighted by Gasteiger charge is 2.32. The number of benzene rings is 1. The quantitative estimate of drug-likeness (QED) is 0.884. The molecule has 1 heterocycles. The van der Waals surface area contributed by atoms with Crippen LogP contribution in [0.5, 0.6) is 0 Å². The van der Waals surface area contributed by atoms with E-state index in [1.165, 1.54) is 0 Å². The Kier molecular flexibility index (Phi) is 4.57. The van der Waals surface area contributed by atoms with Crippen molar-refractivity contribution in [2.24, 2.45) is 5.92 Å². The van der Waals surface area contributed by atoms with Gasteiger partial charge in [-0.3, -0.25) is 9.59 Å². The third-order valence-electron chi connectivity index (χ3n) is 4.34. The summed E-state index contributed by atoms with van der Waals surface area (Å²) in [5, 5.41) is 16.4. The number of carbonyl (C=O) groups is 2. The van der Waals surface area contributed by atoms with E-state index in [-0.39, 0.29) is 11.9 Å². The Bertz CT molecular complexity index is 787. The number of halogens is 1. The molecule has 2 atom stereocenters. The van der Waals surface area contributed by atoms with E-state index in [0.29, 0.717) is 46.9 Å². The molecule has 1 aromatic carbocycles. The maximum absolute atomic E-state index is 12.7. The summed E-state index contributed by atoms with van der Waals surface area (Å²) < 4.78 is 5.19. The van der Waals surface area contributed by atoms with Gasteiger partial charge >= 0.3 is 5.97 Å². The van der Waals surface area contributed by atoms with Gasteiger partial charge in [-0.1, -0.05) is 35.0 Å². The van der Waals surface area contributed by atoms with Crippen molar-refractivity contribution >= 4 is 23.5 Å². The smallest absolute Gasteiger partial charge is 0.306 e. The van der Waals surface area contributed by atoms with Crippen LogP contribution in [-0.4, -0.2) is 28.2 Å². The number of nitrogens with one attached hydrogen (secondary N) is 1. The van der Waals surface area contributed by atoms with Crippen LogP contribution in [0.15, 0.2) is 28.8 Å². The fourth-order valence-corrected chi connectivity index (χ4v) is 3.30. The summed E-state index contributed by atoms with van der Waals surface area (Å²) in [4.78, 5) is 23.7. The SMILES string of the molecule is Cc1onc(-c2ccccc2Cl)c1C(=O)N[C@@H]1CC[C@H](C(=O)O)C1. The van der Waals surface area contributed by atoms with Crippen LogP contribution >= 0.6 is 11.6 Å². The van der Waals surface area contributed by atoms with Crippen LogP contribution in [0.1, 0.15) is 35.4 Å². The molecule has 7 heteroatoms. The van der Waals surface area contributed by atoms with Gasteiger partial charge in [0.25, 0.3) is 5.91 Å². The lowest BCUT2D eigenvalue weighted by Gasteiger charge is -2.12. The van der Waals surface area contributed by atoms with Gasteiger partial charge < -0.3 is 14.9 Å². The Morgan fingerprint density at radius 3 is 2.75 bits per heavy atom. The predicted octanol–water partition coefficient (Wildman–Crippen LogP) is 3.29. The minimum Gasteiger partial charge on any atom is -0.481 e. The summed E-state index contributed by atoms with van der Waals surface area (Å²) >= 11 is 6.19. The summed E-state index contributed by atoms with van der Waals surface area (Å²) in [6, 6.07) is 6.93. The molecule has 24 heavy (non-hydrogen) atoms. The first-order chi connectivity index (χ1) is 11.5. The van der Waals surface area contributed by atoms with Gasteiger partial charge in [0.2, 0.25) is 0 Å². The van der Waals surface area contributed by atoms with Gasteiger partial charge in [0, 0.05) is 11.6 Å². The van der Waals surface area contributed by atoms with Crippen LogP contribution in [0.2, 0.25) is 5.02 Å². The lowest BCUT2D eigenvalue weighted by Crippen LogP contribution is -2.33. The van der Waals surface area contributed by atoms with E-state index < -0.39 is 11.9 Å². The molecule has 2 aromatic rings. The molecule has 1 saturated carbocycles. The third kappa shape index (κ3) is 3.14. The number of hydrogen-bond acceptors (Lipinski definition) is 4. The van der Waals surface area contributed by atoms with Crippen LogP contribution in [0, 0.1) is 12.8 Å². The number of carboxylic acid groups (broad SMARTS) is 1. The Morgan fingerprint density at radius 1 is 1.33 bits per heavy atom. The Hall–Kier alpha value is -2.34. The first kappa shape index (κ1) is 16.5. The van der Waals surface area contributed by atoms with E-state index in [4.69, 9.17) is 21.2 Å². The standard InChI is InChI=1S/C17H17ClN2O4/c1-9-14(15(20-24-9)12-4-2-3-5-13(12)18)16(21)19-11-7-6-10(8-11)17(22)23/h2-5,10-11H,6-8H2,1H3,(H,19,21)(H,22,23)/t10-,11+/m0/s1. The van der Waals surface area contributed by atoms with Crippen LogP contribution in [0.3, 0.4) is 0 Å². The van der Waals surface area contributed by atoms with Crippen LogP contribution in [0.4, 0.5) is 0 Å². The molecule has 1 aliphatic carbocycles. The van der Waals surface area contributed by atoms with Crippen molar-refractivity contribution in [1.82, 2.24) is 10.5 Å². The van der Waals surface area contributed by atoms with Crippen molar-refractivity contribution in [2.45, 2.75) is 32.2 Å². The summed E-state index contributed by atoms with van der Waals surface area (Å²) in [7, 11) is 0. The fraction of sp³-hybridized carbons (Fsp3) is 0.353. The predicted molar refractivity (Wildman–Crippen MR) is 87.9 cm³/mol. The second-order valence-electron chi connectivity index (χ2n) is 5.96. The van der Waals surface area contributed by atoms with Crippen LogP contribution < -0.4 is 5.32 Å². The number of carbonyl (C=O) groups excluding carboxylic acids is 1. The highest BCUT2D eigenvalue weighted by molar-refractivity contribution is 6.33. The molecule has 0 bridgehead atoms. The van der Waals surface area contributed by atoms with Gasteiger partial charge in [-0.25, -0.2) is 0 Å². The molecule has 2 N–H and O–H groups in total. The number of amides is 1. The van der Waals surface area contributed by atoms with Gasteiger partial charge in [0.15, 0.2) is 0 Å². The van der Waals surface area contributed by atoms with E-state index in [2.05, 4.69) is 10.5 Å². The maximum atomic E-state index is 12.7. The molecule has 1 aromatic heterocycles. The molecule has 3 rings (SSSR count). The maximum Gasteiger partial charge on any atom is 0.306 e. The topological polar surface area (TPSA) is 92.4 Å². The number of aromatic nitrogens is 1. The van der Waals surface area contributed by atoms with Gasteiger partial charge in [-0.2, -0.15) is 0 Å². The highest BCUT2D eigenvalue weighted by Crippen LogP contribution is 2.32. The molecule has 126 valence electrons. The second-order valence-corrected chi connectivity index (χ2v) is 6.37. The fourth-order valence-electron chi connectivity index (χ4n) is 3.07. The minimum absolute atomic E-state index is 0.160. The molecule has 1 aliphatic rings. The summed E-state index contributed by atoms with van der Waals surface area (Å²) in [6.45, 7) is 1.66. The third-order valence-corrected chi connectivity index (χ3v) is 4.67. The first-order valence-corrected chi connectivity index (χ1v) is 8.10. The van der Waals surface area contributed by atoms with E-state index in [9.17, 15) is 9.59 Å². The van der Waals surface area contributed by atoms with Crippen molar-refractivity contribution in [3.63, 3.8) is 0 Å². The average molecular weight is 349 g/mol. The van der Waals surface area contributed by atoms with E-state index >= 15 is 0 Å². The largest absolute Gasteiger partial charge is 0.481 e. The van der Waals surface area contributed by atoms with Crippen molar-refractivity contribution in [1.29, 1.82) is 0 Å². The van der Waals surface area contributed by atoms with Gasteiger partial charge in [-0.05, 0) is 32.3 Å². The number of hydrogen-bond donors (Lipinski definition) is 2. The molecule has 1 fully saturated rings. The van der Waals surface area contributed by atoms with Gasteiger partial charge in [0.1, 0.15) is 17.0 Å². The Morgan fingerprint density at radius 2 is 2.08 bits per heavy atom. The Balaban J connectivity index is 1.83. The van der Waals surface area contributed by atoms with Gasteiger partial charge in [-0.15, -0.1) is 0 Å². The van der Waals surface area contributed by atoms with E-state index in [1.54, 1.807) is 31.2 Å². The summed E-state index contributed by atoms with van der Waals surface area (Å²) in [5.41, 5.74) is 1.35. The average Bonchev–Trinajstić information content (AvgIpc) is 3.14. The van der Waals surface area contributed by atoms with Gasteiger partial charge in [0.05, 0.1) is 10.9 Å².